The maximum atomic E-state index is 11.9. The minimum atomic E-state index is -0.920. The Morgan fingerprint density at radius 1 is 1.47 bits per heavy atom. The molecular weight excluding hydrogens is 222 g/mol. The number of aryl methyl sites for hydroxylation is 1. The summed E-state index contributed by atoms with van der Waals surface area (Å²) in [7, 11) is 1.75. The Balaban J connectivity index is 2.05. The summed E-state index contributed by atoms with van der Waals surface area (Å²) < 4.78 is 1.57. The Hall–Kier alpha value is -1.85. The maximum absolute atomic E-state index is 11.9. The van der Waals surface area contributed by atoms with Crippen molar-refractivity contribution in [2.24, 2.45) is 24.3 Å². The highest BCUT2D eigenvalue weighted by molar-refractivity contribution is 5.99. The van der Waals surface area contributed by atoms with Crippen LogP contribution in [0.15, 0.2) is 12.3 Å². The van der Waals surface area contributed by atoms with E-state index in [1.54, 1.807) is 37.8 Å². The Bertz CT molecular complexity index is 478. The molecule has 0 saturated heterocycles. The molecular formula is C11H15N3O3. The molecule has 2 unspecified atom stereocenters. The van der Waals surface area contributed by atoms with Crippen molar-refractivity contribution < 1.29 is 14.7 Å². The predicted molar refractivity (Wildman–Crippen MR) is 60.2 cm³/mol. The van der Waals surface area contributed by atoms with Gasteiger partial charge in [-0.25, -0.2) is 0 Å². The molecule has 0 spiro atoms. The van der Waals surface area contributed by atoms with Gasteiger partial charge < -0.3 is 10.4 Å². The van der Waals surface area contributed by atoms with Crippen molar-refractivity contribution in [3.63, 3.8) is 0 Å². The molecule has 1 heterocycles. The molecule has 1 amide bonds. The van der Waals surface area contributed by atoms with E-state index in [-0.39, 0.29) is 5.91 Å². The molecule has 0 aromatic carbocycles. The normalized spacial score (nSPS) is 25.4. The average molecular weight is 237 g/mol. The van der Waals surface area contributed by atoms with E-state index in [9.17, 15) is 9.59 Å². The van der Waals surface area contributed by atoms with Gasteiger partial charge in [0.15, 0.2) is 5.82 Å². The van der Waals surface area contributed by atoms with Crippen LogP contribution in [-0.4, -0.2) is 26.8 Å². The largest absolute Gasteiger partial charge is 0.481 e. The molecule has 2 rings (SSSR count). The van der Waals surface area contributed by atoms with Crippen LogP contribution in [0.5, 0.6) is 0 Å². The monoisotopic (exact) mass is 237 g/mol. The number of amides is 1. The first-order valence-electron chi connectivity index (χ1n) is 5.37. The zero-order valence-electron chi connectivity index (χ0n) is 9.97. The van der Waals surface area contributed by atoms with Crippen molar-refractivity contribution >= 4 is 17.7 Å². The van der Waals surface area contributed by atoms with Crippen LogP contribution in [0.2, 0.25) is 0 Å². The second-order valence-corrected chi connectivity index (χ2v) is 4.98. The van der Waals surface area contributed by atoms with Crippen LogP contribution in [-0.2, 0) is 16.6 Å². The fraction of sp³-hybridized carbons (Fsp3) is 0.545. The number of aromatic nitrogens is 2. The highest BCUT2D eigenvalue weighted by Gasteiger charge is 2.65. The molecule has 17 heavy (non-hydrogen) atoms. The second-order valence-electron chi connectivity index (χ2n) is 4.98. The van der Waals surface area contributed by atoms with E-state index >= 15 is 0 Å². The number of nitrogens with one attached hydrogen (secondary N) is 1. The summed E-state index contributed by atoms with van der Waals surface area (Å²) in [6, 6.07) is 1.67. The van der Waals surface area contributed by atoms with Gasteiger partial charge in [-0.1, -0.05) is 13.8 Å². The van der Waals surface area contributed by atoms with E-state index in [1.165, 1.54) is 0 Å². The van der Waals surface area contributed by atoms with Crippen molar-refractivity contribution in [2.45, 2.75) is 13.8 Å². The SMILES string of the molecule is Cn1ccc(NC(=O)C2C(C(=O)O)C2(C)C)n1. The molecule has 0 aliphatic heterocycles. The van der Waals surface area contributed by atoms with Crippen LogP contribution in [0.1, 0.15) is 13.8 Å². The first kappa shape index (κ1) is 11.6. The van der Waals surface area contributed by atoms with Gasteiger partial charge in [-0.05, 0) is 5.41 Å². The summed E-state index contributed by atoms with van der Waals surface area (Å²) in [5.74, 6) is -1.84. The third-order valence-corrected chi connectivity index (χ3v) is 3.34. The van der Waals surface area contributed by atoms with Crippen LogP contribution in [0, 0.1) is 17.3 Å². The molecule has 1 aliphatic carbocycles. The molecule has 0 radical (unpaired) electrons. The topological polar surface area (TPSA) is 84.2 Å². The summed E-state index contributed by atoms with van der Waals surface area (Å²) in [6.07, 6.45) is 1.71. The molecule has 6 heteroatoms. The van der Waals surface area contributed by atoms with Gasteiger partial charge in [0.05, 0.1) is 11.8 Å². The van der Waals surface area contributed by atoms with Crippen LogP contribution in [0.4, 0.5) is 5.82 Å². The molecule has 1 aromatic heterocycles. The first-order chi connectivity index (χ1) is 7.84. The Kier molecular flexibility index (Phi) is 2.45. The third kappa shape index (κ3) is 1.90. The third-order valence-electron chi connectivity index (χ3n) is 3.34. The van der Waals surface area contributed by atoms with Gasteiger partial charge in [0.1, 0.15) is 0 Å². The highest BCUT2D eigenvalue weighted by atomic mass is 16.4. The Labute approximate surface area is 98.6 Å². The first-order valence-corrected chi connectivity index (χ1v) is 5.37. The van der Waals surface area contributed by atoms with Gasteiger partial charge >= 0.3 is 5.97 Å². The summed E-state index contributed by atoms with van der Waals surface area (Å²) in [5.41, 5.74) is -0.481. The quantitative estimate of drug-likeness (QED) is 0.811. The van der Waals surface area contributed by atoms with Crippen LogP contribution in [0.3, 0.4) is 0 Å². The number of rotatable bonds is 3. The standard InChI is InChI=1S/C11H15N3O3/c1-11(2)7(8(11)10(16)17)9(15)12-6-4-5-14(3)13-6/h4-5,7-8H,1-3H3,(H,16,17)(H,12,13,15). The summed E-state index contributed by atoms with van der Waals surface area (Å²) in [4.78, 5) is 22.8. The minimum Gasteiger partial charge on any atom is -0.481 e. The lowest BCUT2D eigenvalue weighted by atomic mass is 10.1. The molecule has 6 nitrogen and oxygen atoms in total. The number of nitrogens with zero attached hydrogens (tertiary/aromatic N) is 2. The molecule has 2 atom stereocenters. The van der Waals surface area contributed by atoms with E-state index in [1.807, 2.05) is 0 Å². The number of carboxylic acids is 1. The molecule has 1 aromatic rings. The van der Waals surface area contributed by atoms with Crippen molar-refractivity contribution in [3.8, 4) is 0 Å². The summed E-state index contributed by atoms with van der Waals surface area (Å²) >= 11 is 0. The number of carbonyl (C=O) groups excluding carboxylic acids is 1. The summed E-state index contributed by atoms with van der Waals surface area (Å²) in [5, 5.41) is 15.6. The minimum absolute atomic E-state index is 0.277. The molecule has 2 N–H and O–H groups in total. The summed E-state index contributed by atoms with van der Waals surface area (Å²) in [6.45, 7) is 3.57. The van der Waals surface area contributed by atoms with Gasteiger partial charge in [-0.3, -0.25) is 14.3 Å². The zero-order chi connectivity index (χ0) is 12.8. The molecule has 1 aliphatic rings. The Morgan fingerprint density at radius 3 is 2.53 bits per heavy atom. The lowest BCUT2D eigenvalue weighted by molar-refractivity contribution is -0.140. The van der Waals surface area contributed by atoms with Gasteiger partial charge in [-0.15, -0.1) is 0 Å². The smallest absolute Gasteiger partial charge is 0.307 e. The van der Waals surface area contributed by atoms with E-state index in [2.05, 4.69) is 10.4 Å². The van der Waals surface area contributed by atoms with E-state index in [0.717, 1.165) is 0 Å². The molecule has 0 bridgehead atoms. The number of aliphatic carboxylic acids is 1. The number of hydrogen-bond donors (Lipinski definition) is 2. The van der Waals surface area contributed by atoms with E-state index < -0.39 is 23.2 Å². The molecule has 1 fully saturated rings. The van der Waals surface area contributed by atoms with E-state index in [0.29, 0.717) is 5.82 Å². The average Bonchev–Trinajstić information content (AvgIpc) is 2.54. The van der Waals surface area contributed by atoms with Crippen molar-refractivity contribution in [1.82, 2.24) is 9.78 Å². The molecule has 92 valence electrons. The number of anilines is 1. The zero-order valence-corrected chi connectivity index (χ0v) is 9.97. The number of hydrogen-bond acceptors (Lipinski definition) is 3. The Morgan fingerprint density at radius 2 is 2.12 bits per heavy atom. The fourth-order valence-corrected chi connectivity index (χ4v) is 2.27. The fourth-order valence-electron chi connectivity index (χ4n) is 2.27. The lowest BCUT2D eigenvalue weighted by Gasteiger charge is -2.02. The van der Waals surface area contributed by atoms with E-state index in [4.69, 9.17) is 5.11 Å². The van der Waals surface area contributed by atoms with Gasteiger partial charge in [0.25, 0.3) is 0 Å². The lowest BCUT2D eigenvalue weighted by Crippen LogP contribution is -2.18. The maximum Gasteiger partial charge on any atom is 0.307 e. The van der Waals surface area contributed by atoms with Gasteiger partial charge in [-0.2, -0.15) is 5.10 Å². The van der Waals surface area contributed by atoms with Crippen LogP contribution < -0.4 is 5.32 Å². The molecule has 1 saturated carbocycles. The van der Waals surface area contributed by atoms with Gasteiger partial charge in [0, 0.05) is 19.3 Å². The number of carboxylic acid groups (broad SMARTS) is 1. The second kappa shape index (κ2) is 3.58. The van der Waals surface area contributed by atoms with Crippen LogP contribution >= 0.6 is 0 Å². The van der Waals surface area contributed by atoms with Crippen molar-refractivity contribution in [2.75, 3.05) is 5.32 Å². The van der Waals surface area contributed by atoms with Gasteiger partial charge in [0.2, 0.25) is 5.91 Å². The highest BCUT2D eigenvalue weighted by Crippen LogP contribution is 2.58. The number of carbonyl (C=O) groups is 2. The van der Waals surface area contributed by atoms with Crippen molar-refractivity contribution in [3.05, 3.63) is 12.3 Å². The van der Waals surface area contributed by atoms with Crippen molar-refractivity contribution in [1.29, 1.82) is 0 Å². The van der Waals surface area contributed by atoms with Crippen LogP contribution in [0.25, 0.3) is 0 Å². The predicted octanol–water partition coefficient (Wildman–Crippen LogP) is 0.715.